The highest BCUT2D eigenvalue weighted by atomic mass is 19.4. The Morgan fingerprint density at radius 1 is 1.47 bits per heavy atom. The number of ether oxygens (including phenoxy) is 1. The molecule has 1 rings (SSSR count). The summed E-state index contributed by atoms with van der Waals surface area (Å²) in [7, 11) is 0. The van der Waals surface area contributed by atoms with E-state index >= 15 is 0 Å². The fourth-order valence-corrected chi connectivity index (χ4v) is 1.81. The van der Waals surface area contributed by atoms with Crippen molar-refractivity contribution in [2.45, 2.75) is 31.7 Å². The van der Waals surface area contributed by atoms with Crippen molar-refractivity contribution in [1.29, 1.82) is 0 Å². The summed E-state index contributed by atoms with van der Waals surface area (Å²) in [6, 6.07) is -1.55. The Labute approximate surface area is 87.4 Å². The van der Waals surface area contributed by atoms with Gasteiger partial charge in [-0.05, 0) is 13.8 Å². The van der Waals surface area contributed by atoms with Gasteiger partial charge in [-0.2, -0.15) is 13.2 Å². The molecule has 0 saturated carbocycles. The number of nitrogens with two attached hydrogens (primary N) is 1. The molecule has 1 aliphatic heterocycles. The van der Waals surface area contributed by atoms with Crippen LogP contribution in [-0.4, -0.2) is 49.0 Å². The van der Waals surface area contributed by atoms with Crippen LogP contribution in [0.4, 0.5) is 13.2 Å². The highest BCUT2D eigenvalue weighted by Crippen LogP contribution is 2.27. The number of alkyl halides is 3. The van der Waals surface area contributed by atoms with Gasteiger partial charge >= 0.3 is 6.18 Å². The molecule has 15 heavy (non-hydrogen) atoms. The third-order valence-corrected chi connectivity index (χ3v) is 2.50. The van der Waals surface area contributed by atoms with Crippen molar-refractivity contribution in [3.63, 3.8) is 0 Å². The van der Waals surface area contributed by atoms with E-state index in [0.717, 1.165) is 0 Å². The molecule has 1 aliphatic rings. The van der Waals surface area contributed by atoms with Crippen LogP contribution in [0.2, 0.25) is 0 Å². The molecule has 1 heterocycles. The number of morpholine rings is 1. The van der Waals surface area contributed by atoms with E-state index in [1.807, 2.05) is 0 Å². The lowest BCUT2D eigenvalue weighted by molar-refractivity contribution is -0.202. The summed E-state index contributed by atoms with van der Waals surface area (Å²) in [5.74, 6) is 0. The molecule has 0 aromatic carbocycles. The standard InChI is InChI=1S/C9H17F3N2O/c1-8(2)6-14(3-4-15-8)7(5-13)9(10,11)12/h7H,3-6,13H2,1-2H3. The van der Waals surface area contributed by atoms with E-state index in [0.29, 0.717) is 6.61 Å². The topological polar surface area (TPSA) is 38.5 Å². The fraction of sp³-hybridized carbons (Fsp3) is 1.00. The number of hydrogen-bond acceptors (Lipinski definition) is 3. The zero-order valence-corrected chi connectivity index (χ0v) is 8.97. The quantitative estimate of drug-likeness (QED) is 0.763. The van der Waals surface area contributed by atoms with Crippen LogP contribution in [0.15, 0.2) is 0 Å². The van der Waals surface area contributed by atoms with E-state index in [4.69, 9.17) is 10.5 Å². The van der Waals surface area contributed by atoms with Gasteiger partial charge in [0.2, 0.25) is 0 Å². The summed E-state index contributed by atoms with van der Waals surface area (Å²) in [6.45, 7) is 4.02. The van der Waals surface area contributed by atoms with Crippen molar-refractivity contribution in [2.75, 3.05) is 26.2 Å². The number of hydrogen-bond donors (Lipinski definition) is 1. The van der Waals surface area contributed by atoms with Gasteiger partial charge in [0, 0.05) is 19.6 Å². The smallest absolute Gasteiger partial charge is 0.373 e. The van der Waals surface area contributed by atoms with Crippen molar-refractivity contribution < 1.29 is 17.9 Å². The SMILES string of the molecule is CC1(C)CN(C(CN)C(F)(F)F)CCO1. The van der Waals surface area contributed by atoms with E-state index in [1.54, 1.807) is 13.8 Å². The molecule has 0 bridgehead atoms. The second-order valence-electron chi connectivity index (χ2n) is 4.37. The van der Waals surface area contributed by atoms with Gasteiger partial charge < -0.3 is 10.5 Å². The number of halogens is 3. The van der Waals surface area contributed by atoms with Gasteiger partial charge in [-0.3, -0.25) is 4.90 Å². The van der Waals surface area contributed by atoms with Gasteiger partial charge in [-0.15, -0.1) is 0 Å². The van der Waals surface area contributed by atoms with E-state index in [9.17, 15) is 13.2 Å². The minimum atomic E-state index is -4.26. The average molecular weight is 226 g/mol. The van der Waals surface area contributed by atoms with Crippen LogP contribution in [0.5, 0.6) is 0 Å². The molecule has 1 fully saturated rings. The Kier molecular flexibility index (Phi) is 3.63. The predicted octanol–water partition coefficient (Wildman–Crippen LogP) is 0.987. The normalized spacial score (nSPS) is 25.2. The Morgan fingerprint density at radius 2 is 2.07 bits per heavy atom. The molecule has 1 atom stereocenters. The van der Waals surface area contributed by atoms with Crippen molar-refractivity contribution in [2.24, 2.45) is 5.73 Å². The van der Waals surface area contributed by atoms with E-state index in [-0.39, 0.29) is 13.1 Å². The minimum Gasteiger partial charge on any atom is -0.373 e. The first-order valence-corrected chi connectivity index (χ1v) is 4.91. The van der Waals surface area contributed by atoms with Gasteiger partial charge in [0.1, 0.15) is 6.04 Å². The predicted molar refractivity (Wildman–Crippen MR) is 50.5 cm³/mol. The van der Waals surface area contributed by atoms with Crippen molar-refractivity contribution in [3.05, 3.63) is 0 Å². The Hall–Kier alpha value is -0.330. The first-order valence-electron chi connectivity index (χ1n) is 4.91. The summed E-state index contributed by atoms with van der Waals surface area (Å²) in [5.41, 5.74) is 4.65. The van der Waals surface area contributed by atoms with Gasteiger partial charge in [0.25, 0.3) is 0 Å². The molecule has 0 spiro atoms. The monoisotopic (exact) mass is 226 g/mol. The van der Waals surface area contributed by atoms with Crippen molar-refractivity contribution >= 4 is 0 Å². The zero-order chi connectivity index (χ0) is 11.7. The molecule has 1 unspecified atom stereocenters. The second kappa shape index (κ2) is 4.27. The third kappa shape index (κ3) is 3.32. The van der Waals surface area contributed by atoms with Crippen LogP contribution >= 0.6 is 0 Å². The molecular weight excluding hydrogens is 209 g/mol. The van der Waals surface area contributed by atoms with E-state index in [2.05, 4.69) is 0 Å². The second-order valence-corrected chi connectivity index (χ2v) is 4.37. The van der Waals surface area contributed by atoms with Crippen LogP contribution < -0.4 is 5.73 Å². The molecule has 1 saturated heterocycles. The van der Waals surface area contributed by atoms with Crippen molar-refractivity contribution in [1.82, 2.24) is 4.90 Å². The molecule has 0 radical (unpaired) electrons. The van der Waals surface area contributed by atoms with Gasteiger partial charge in [0.15, 0.2) is 0 Å². The van der Waals surface area contributed by atoms with Gasteiger partial charge in [0.05, 0.1) is 12.2 Å². The third-order valence-electron chi connectivity index (χ3n) is 2.50. The summed E-state index contributed by atoms with van der Waals surface area (Å²) < 4.78 is 43.1. The van der Waals surface area contributed by atoms with E-state index in [1.165, 1.54) is 4.90 Å². The molecule has 3 nitrogen and oxygen atoms in total. The number of rotatable bonds is 2. The van der Waals surface area contributed by atoms with Crippen LogP contribution in [0.3, 0.4) is 0 Å². The molecule has 2 N–H and O–H groups in total. The average Bonchev–Trinajstić information content (AvgIpc) is 2.00. The van der Waals surface area contributed by atoms with Crippen LogP contribution in [-0.2, 0) is 4.74 Å². The largest absolute Gasteiger partial charge is 0.405 e. The number of nitrogens with zero attached hydrogens (tertiary/aromatic N) is 1. The molecule has 0 aliphatic carbocycles. The summed E-state index contributed by atoms with van der Waals surface area (Å²) in [6.07, 6.45) is -4.26. The highest BCUT2D eigenvalue weighted by molar-refractivity contribution is 4.87. The Balaban J connectivity index is 2.69. The maximum atomic E-state index is 12.6. The molecule has 0 amide bonds. The van der Waals surface area contributed by atoms with E-state index < -0.39 is 24.4 Å². The summed E-state index contributed by atoms with van der Waals surface area (Å²) in [5, 5.41) is 0. The summed E-state index contributed by atoms with van der Waals surface area (Å²) in [4.78, 5) is 1.35. The molecule has 6 heteroatoms. The van der Waals surface area contributed by atoms with Gasteiger partial charge in [-0.1, -0.05) is 0 Å². The highest BCUT2D eigenvalue weighted by Gasteiger charge is 2.45. The Morgan fingerprint density at radius 3 is 2.47 bits per heavy atom. The molecular formula is C9H17F3N2O. The first kappa shape index (κ1) is 12.7. The lowest BCUT2D eigenvalue weighted by atomic mass is 10.1. The van der Waals surface area contributed by atoms with Crippen molar-refractivity contribution in [3.8, 4) is 0 Å². The fourth-order valence-electron chi connectivity index (χ4n) is 1.81. The van der Waals surface area contributed by atoms with Gasteiger partial charge in [-0.25, -0.2) is 0 Å². The lowest BCUT2D eigenvalue weighted by Crippen LogP contribution is -2.58. The van der Waals surface area contributed by atoms with Crippen LogP contribution in [0, 0.1) is 0 Å². The maximum absolute atomic E-state index is 12.6. The minimum absolute atomic E-state index is 0.258. The molecule has 0 aromatic rings. The summed E-state index contributed by atoms with van der Waals surface area (Å²) >= 11 is 0. The lowest BCUT2D eigenvalue weighted by Gasteiger charge is -2.42. The first-order chi connectivity index (χ1) is 6.76. The Bertz CT molecular complexity index is 218. The molecule has 0 aromatic heterocycles. The maximum Gasteiger partial charge on any atom is 0.405 e. The zero-order valence-electron chi connectivity index (χ0n) is 8.97. The van der Waals surface area contributed by atoms with Crippen LogP contribution in [0.25, 0.3) is 0 Å². The molecule has 90 valence electrons. The van der Waals surface area contributed by atoms with Crippen LogP contribution in [0.1, 0.15) is 13.8 Å².